The number of esters is 1. The third-order valence-corrected chi connectivity index (χ3v) is 4.51. The number of hydrogen-bond acceptors (Lipinski definition) is 3. The molecule has 0 saturated carbocycles. The van der Waals surface area contributed by atoms with E-state index in [4.69, 9.17) is 27.9 Å². The van der Waals surface area contributed by atoms with Gasteiger partial charge >= 0.3 is 5.97 Å². The summed E-state index contributed by atoms with van der Waals surface area (Å²) in [5.74, 6) is -0.787. The van der Waals surface area contributed by atoms with Crippen LogP contribution in [0.5, 0.6) is 0 Å². The van der Waals surface area contributed by atoms with Crippen LogP contribution in [0.3, 0.4) is 0 Å². The second-order valence-electron chi connectivity index (χ2n) is 5.63. The number of piperidine rings is 1. The van der Waals surface area contributed by atoms with Gasteiger partial charge in [-0.3, -0.25) is 4.79 Å². The molecule has 0 unspecified atom stereocenters. The summed E-state index contributed by atoms with van der Waals surface area (Å²) in [6, 6.07) is 4.86. The van der Waals surface area contributed by atoms with E-state index in [0.717, 1.165) is 19.3 Å². The lowest BCUT2D eigenvalue weighted by Crippen LogP contribution is -2.49. The van der Waals surface area contributed by atoms with Gasteiger partial charge in [-0.05, 0) is 51.3 Å². The maximum atomic E-state index is 12.3. The lowest BCUT2D eigenvalue weighted by molar-refractivity contribution is -0.140. The second kappa shape index (κ2) is 7.34. The maximum absolute atomic E-state index is 12.3. The third-order valence-electron chi connectivity index (χ3n) is 3.96. The van der Waals surface area contributed by atoms with Gasteiger partial charge in [-0.25, -0.2) is 4.79 Å². The highest BCUT2D eigenvalue weighted by Gasteiger charge is 2.29. The van der Waals surface area contributed by atoms with Crippen molar-refractivity contribution in [1.82, 2.24) is 4.90 Å². The van der Waals surface area contributed by atoms with Crippen molar-refractivity contribution in [1.29, 1.82) is 0 Å². The molecule has 0 N–H and O–H groups in total. The predicted molar refractivity (Wildman–Crippen MR) is 86.4 cm³/mol. The first-order valence-corrected chi connectivity index (χ1v) is 8.09. The van der Waals surface area contributed by atoms with E-state index in [1.54, 1.807) is 11.0 Å². The molecule has 1 aromatic carbocycles. The standard InChI is InChI=1S/C16H19Cl2NO3/c1-10-4-3-5-11(2)19(10)15(20)9-22-16(21)13-7-6-12(17)8-14(13)18/h6-8,10-11H,3-5,9H2,1-2H3/t10-,11-/m1/s1. The van der Waals surface area contributed by atoms with Crippen molar-refractivity contribution in [3.63, 3.8) is 0 Å². The Morgan fingerprint density at radius 1 is 1.23 bits per heavy atom. The molecule has 2 atom stereocenters. The number of likely N-dealkylation sites (tertiary alicyclic amines) is 1. The number of hydrogen-bond donors (Lipinski definition) is 0. The molecule has 120 valence electrons. The van der Waals surface area contributed by atoms with Crippen LogP contribution in [0.2, 0.25) is 10.0 Å². The van der Waals surface area contributed by atoms with E-state index in [1.807, 2.05) is 13.8 Å². The van der Waals surface area contributed by atoms with Crippen LogP contribution in [0.1, 0.15) is 43.5 Å². The minimum Gasteiger partial charge on any atom is -0.452 e. The fraction of sp³-hybridized carbons (Fsp3) is 0.500. The number of carbonyl (C=O) groups excluding carboxylic acids is 2. The van der Waals surface area contributed by atoms with Crippen molar-refractivity contribution in [3.8, 4) is 0 Å². The highest BCUT2D eigenvalue weighted by Crippen LogP contribution is 2.24. The van der Waals surface area contributed by atoms with Crippen LogP contribution < -0.4 is 0 Å². The van der Waals surface area contributed by atoms with Crippen LogP contribution in [0.15, 0.2) is 18.2 Å². The largest absolute Gasteiger partial charge is 0.452 e. The fourth-order valence-electron chi connectivity index (χ4n) is 2.85. The molecule has 0 spiro atoms. The maximum Gasteiger partial charge on any atom is 0.340 e. The average molecular weight is 344 g/mol. The van der Waals surface area contributed by atoms with E-state index in [9.17, 15) is 9.59 Å². The molecule has 1 heterocycles. The summed E-state index contributed by atoms with van der Waals surface area (Å²) in [4.78, 5) is 26.1. The van der Waals surface area contributed by atoms with Crippen LogP contribution in [-0.2, 0) is 9.53 Å². The molecule has 22 heavy (non-hydrogen) atoms. The van der Waals surface area contributed by atoms with E-state index in [1.165, 1.54) is 12.1 Å². The van der Waals surface area contributed by atoms with Crippen molar-refractivity contribution >= 4 is 35.1 Å². The Kier molecular flexibility index (Phi) is 5.70. The number of rotatable bonds is 3. The van der Waals surface area contributed by atoms with Gasteiger partial charge in [0.15, 0.2) is 6.61 Å². The summed E-state index contributed by atoms with van der Waals surface area (Å²) >= 11 is 11.7. The van der Waals surface area contributed by atoms with Gasteiger partial charge in [0.2, 0.25) is 0 Å². The molecule has 6 heteroatoms. The Labute approximate surface area is 140 Å². The molecule has 1 saturated heterocycles. The van der Waals surface area contributed by atoms with E-state index in [0.29, 0.717) is 5.02 Å². The van der Waals surface area contributed by atoms with E-state index in [-0.39, 0.29) is 35.2 Å². The van der Waals surface area contributed by atoms with Crippen molar-refractivity contribution < 1.29 is 14.3 Å². The first-order valence-electron chi connectivity index (χ1n) is 7.33. The fourth-order valence-corrected chi connectivity index (χ4v) is 3.33. The molecule has 1 fully saturated rings. The van der Waals surface area contributed by atoms with Gasteiger partial charge in [0, 0.05) is 17.1 Å². The summed E-state index contributed by atoms with van der Waals surface area (Å²) in [5.41, 5.74) is 0.207. The van der Waals surface area contributed by atoms with E-state index < -0.39 is 5.97 Å². The van der Waals surface area contributed by atoms with Gasteiger partial charge in [-0.15, -0.1) is 0 Å². The second-order valence-corrected chi connectivity index (χ2v) is 6.47. The predicted octanol–water partition coefficient (Wildman–Crippen LogP) is 3.94. The Hall–Kier alpha value is -1.26. The zero-order valence-electron chi connectivity index (χ0n) is 12.6. The lowest BCUT2D eigenvalue weighted by atomic mass is 9.97. The molecule has 4 nitrogen and oxygen atoms in total. The van der Waals surface area contributed by atoms with Crippen molar-refractivity contribution in [2.45, 2.75) is 45.2 Å². The summed E-state index contributed by atoms with van der Waals surface area (Å²) in [5, 5.41) is 0.651. The van der Waals surface area contributed by atoms with Gasteiger partial charge in [-0.1, -0.05) is 23.2 Å². The van der Waals surface area contributed by atoms with Gasteiger partial charge < -0.3 is 9.64 Å². The SMILES string of the molecule is C[C@@H]1CCC[C@@H](C)N1C(=O)COC(=O)c1ccc(Cl)cc1Cl. The quantitative estimate of drug-likeness (QED) is 0.781. The molecule has 0 bridgehead atoms. The van der Waals surface area contributed by atoms with Crippen LogP contribution in [0.4, 0.5) is 0 Å². The van der Waals surface area contributed by atoms with Crippen LogP contribution in [-0.4, -0.2) is 35.5 Å². The molecule has 0 radical (unpaired) electrons. The van der Waals surface area contributed by atoms with Gasteiger partial charge in [-0.2, -0.15) is 0 Å². The molecular formula is C16H19Cl2NO3. The first-order chi connectivity index (χ1) is 10.4. The number of ether oxygens (including phenoxy) is 1. The lowest BCUT2D eigenvalue weighted by Gasteiger charge is -2.38. The highest BCUT2D eigenvalue weighted by atomic mass is 35.5. The van der Waals surface area contributed by atoms with Gasteiger partial charge in [0.25, 0.3) is 5.91 Å². The number of amides is 1. The van der Waals surface area contributed by atoms with Crippen LogP contribution >= 0.6 is 23.2 Å². The molecule has 0 aliphatic carbocycles. The normalized spacial score (nSPS) is 21.5. The van der Waals surface area contributed by atoms with Crippen molar-refractivity contribution in [2.75, 3.05) is 6.61 Å². The smallest absolute Gasteiger partial charge is 0.340 e. The Morgan fingerprint density at radius 2 is 1.86 bits per heavy atom. The molecule has 1 amide bonds. The van der Waals surface area contributed by atoms with Crippen LogP contribution in [0, 0.1) is 0 Å². The topological polar surface area (TPSA) is 46.6 Å². The number of benzene rings is 1. The van der Waals surface area contributed by atoms with Gasteiger partial charge in [0.05, 0.1) is 10.6 Å². The Bertz CT molecular complexity index is 567. The zero-order valence-corrected chi connectivity index (χ0v) is 14.2. The summed E-state index contributed by atoms with van der Waals surface area (Å²) in [6.07, 6.45) is 3.08. The van der Waals surface area contributed by atoms with Crippen molar-refractivity contribution in [3.05, 3.63) is 33.8 Å². The first kappa shape index (κ1) is 17.1. The van der Waals surface area contributed by atoms with Crippen LogP contribution in [0.25, 0.3) is 0 Å². The van der Waals surface area contributed by atoms with Gasteiger partial charge in [0.1, 0.15) is 0 Å². The Morgan fingerprint density at radius 3 is 2.45 bits per heavy atom. The van der Waals surface area contributed by atoms with E-state index in [2.05, 4.69) is 0 Å². The minimum absolute atomic E-state index is 0.168. The van der Waals surface area contributed by atoms with E-state index >= 15 is 0 Å². The summed E-state index contributed by atoms with van der Waals surface area (Å²) in [6.45, 7) is 3.77. The summed E-state index contributed by atoms with van der Waals surface area (Å²) < 4.78 is 5.10. The molecule has 1 aromatic rings. The highest BCUT2D eigenvalue weighted by molar-refractivity contribution is 6.36. The molecular weight excluding hydrogens is 325 g/mol. The third kappa shape index (κ3) is 3.93. The zero-order chi connectivity index (χ0) is 16.3. The minimum atomic E-state index is -0.618. The summed E-state index contributed by atoms with van der Waals surface area (Å²) in [7, 11) is 0. The Balaban J connectivity index is 1.97. The van der Waals surface area contributed by atoms with Crippen molar-refractivity contribution in [2.24, 2.45) is 0 Å². The number of carbonyl (C=O) groups is 2. The molecule has 0 aromatic heterocycles. The molecule has 2 rings (SSSR count). The average Bonchev–Trinajstić information content (AvgIpc) is 2.44. The molecule has 1 aliphatic rings. The number of nitrogens with zero attached hydrogens (tertiary/aromatic N) is 1. The molecule has 1 aliphatic heterocycles. The monoisotopic (exact) mass is 343 g/mol. The number of halogens is 2.